The van der Waals surface area contributed by atoms with E-state index in [4.69, 9.17) is 0 Å². The van der Waals surface area contributed by atoms with Crippen LogP contribution in [0.3, 0.4) is 0 Å². The highest BCUT2D eigenvalue weighted by Gasteiger charge is 2.60. The summed E-state index contributed by atoms with van der Waals surface area (Å²) in [6, 6.07) is 9.76. The molecule has 0 radical (unpaired) electrons. The molecule has 0 spiro atoms. The van der Waals surface area contributed by atoms with Gasteiger partial charge in [-0.1, -0.05) is 30.3 Å². The molecular weight excluding hydrogens is 407 g/mol. The van der Waals surface area contributed by atoms with Gasteiger partial charge in [0.15, 0.2) is 0 Å². The smallest absolute Gasteiger partial charge is 0.309 e. The summed E-state index contributed by atoms with van der Waals surface area (Å²) in [5.41, 5.74) is -3.45. The van der Waals surface area contributed by atoms with Gasteiger partial charge in [0.2, 0.25) is 0 Å². The van der Waals surface area contributed by atoms with Crippen LogP contribution in [0.1, 0.15) is 28.4 Å². The molecule has 1 aliphatic rings. The summed E-state index contributed by atoms with van der Waals surface area (Å²) in [6.45, 7) is -0.0509. The van der Waals surface area contributed by atoms with Crippen LogP contribution in [0.5, 0.6) is 0 Å². The molecule has 0 fully saturated rings. The number of rotatable bonds is 5. The lowest BCUT2D eigenvalue weighted by molar-refractivity contribution is -0.289. The fourth-order valence-electron chi connectivity index (χ4n) is 3.13. The first-order valence-corrected chi connectivity index (χ1v) is 8.85. The summed E-state index contributed by atoms with van der Waals surface area (Å²) in [6.07, 6.45) is -3.03. The first-order valence-electron chi connectivity index (χ1n) is 8.85. The van der Waals surface area contributed by atoms with Crippen molar-refractivity contribution in [1.29, 1.82) is 5.26 Å². The molecule has 1 aromatic carbocycles. The van der Waals surface area contributed by atoms with E-state index < -0.39 is 34.8 Å². The number of aliphatic imine (C=N–C) groups is 2. The lowest BCUT2D eigenvalue weighted by Gasteiger charge is -2.25. The molecule has 1 aromatic heterocycles. The molecule has 156 valence electrons. The predicted molar refractivity (Wildman–Crippen MR) is 100 cm³/mol. The van der Waals surface area contributed by atoms with Crippen molar-refractivity contribution >= 4 is 12.4 Å². The van der Waals surface area contributed by atoms with Crippen molar-refractivity contribution in [2.45, 2.75) is 31.1 Å². The zero-order chi connectivity index (χ0) is 21.9. The van der Waals surface area contributed by atoms with E-state index >= 15 is 0 Å². The highest BCUT2D eigenvalue weighted by molar-refractivity contribution is 6.16. The quantitative estimate of drug-likeness (QED) is 0.688. The van der Waals surface area contributed by atoms with E-state index in [-0.39, 0.29) is 18.8 Å². The highest BCUT2D eigenvalue weighted by Crippen LogP contribution is 2.45. The van der Waals surface area contributed by atoms with Crippen molar-refractivity contribution in [3.05, 3.63) is 69.1 Å². The molecule has 0 saturated carbocycles. The molecule has 10 heteroatoms. The van der Waals surface area contributed by atoms with Gasteiger partial charge < -0.3 is 4.57 Å². The first kappa shape index (κ1) is 21.4. The van der Waals surface area contributed by atoms with E-state index in [0.717, 1.165) is 10.1 Å². The number of alkyl halides is 5. The SMILES string of the molecule is N#Cc1c(C(F)(F)C(F)(F)F)cc(C2CN=CC=N2)n(CCc2ccccc2)c1=O. The number of nitriles is 1. The molecule has 0 aliphatic carbocycles. The van der Waals surface area contributed by atoms with Gasteiger partial charge in [-0.25, -0.2) is 0 Å². The van der Waals surface area contributed by atoms with Gasteiger partial charge in [-0.2, -0.15) is 27.2 Å². The van der Waals surface area contributed by atoms with Gasteiger partial charge >= 0.3 is 12.1 Å². The summed E-state index contributed by atoms with van der Waals surface area (Å²) in [7, 11) is 0. The molecular formula is C20H15F5N4O. The van der Waals surface area contributed by atoms with Gasteiger partial charge in [-0.15, -0.1) is 0 Å². The zero-order valence-corrected chi connectivity index (χ0v) is 15.4. The van der Waals surface area contributed by atoms with Crippen molar-refractivity contribution in [3.63, 3.8) is 0 Å². The fraction of sp³-hybridized carbons (Fsp3) is 0.300. The lowest BCUT2D eigenvalue weighted by Crippen LogP contribution is -2.39. The van der Waals surface area contributed by atoms with Gasteiger partial charge in [-0.05, 0) is 18.1 Å². The van der Waals surface area contributed by atoms with E-state index in [1.807, 2.05) is 0 Å². The molecule has 5 nitrogen and oxygen atoms in total. The Morgan fingerprint density at radius 1 is 1.13 bits per heavy atom. The first-order chi connectivity index (χ1) is 14.2. The Morgan fingerprint density at radius 3 is 2.40 bits per heavy atom. The molecule has 1 atom stereocenters. The average molecular weight is 422 g/mol. The summed E-state index contributed by atoms with van der Waals surface area (Å²) in [5.74, 6) is -5.37. The standard InChI is InChI=1S/C20H15F5N4O/c21-19(22,20(23,24)25)15-10-17(16-12-27-7-8-28-16)29(18(30)14(15)11-26)9-6-13-4-2-1-3-5-13/h1-5,7-8,10,16H,6,9,12H2. The monoisotopic (exact) mass is 422 g/mol. The summed E-state index contributed by atoms with van der Waals surface area (Å²) >= 11 is 0. The lowest BCUT2D eigenvalue weighted by atomic mass is 9.99. The van der Waals surface area contributed by atoms with Crippen LogP contribution in [0, 0.1) is 11.3 Å². The minimum atomic E-state index is -5.97. The van der Waals surface area contributed by atoms with Crippen molar-refractivity contribution < 1.29 is 22.0 Å². The van der Waals surface area contributed by atoms with Gasteiger partial charge in [-0.3, -0.25) is 14.8 Å². The Balaban J connectivity index is 2.18. The largest absolute Gasteiger partial charge is 0.458 e. The Labute approximate surface area is 167 Å². The number of pyridine rings is 1. The predicted octanol–water partition coefficient (Wildman–Crippen LogP) is 3.81. The second-order valence-electron chi connectivity index (χ2n) is 6.56. The number of halogens is 5. The van der Waals surface area contributed by atoms with Crippen LogP contribution in [-0.4, -0.2) is 29.7 Å². The van der Waals surface area contributed by atoms with Crippen LogP contribution >= 0.6 is 0 Å². The summed E-state index contributed by atoms with van der Waals surface area (Å²) < 4.78 is 68.3. The third-order valence-electron chi connectivity index (χ3n) is 4.66. The molecule has 2 aromatic rings. The van der Waals surface area contributed by atoms with E-state index in [1.54, 1.807) is 30.3 Å². The number of aromatic nitrogens is 1. The molecule has 3 rings (SSSR count). The number of hydrogen-bond donors (Lipinski definition) is 0. The minimum Gasteiger partial charge on any atom is -0.309 e. The number of aryl methyl sites for hydroxylation is 1. The molecule has 30 heavy (non-hydrogen) atoms. The molecule has 0 bridgehead atoms. The van der Waals surface area contributed by atoms with Crippen LogP contribution < -0.4 is 5.56 Å². The van der Waals surface area contributed by atoms with E-state index in [2.05, 4.69) is 9.98 Å². The van der Waals surface area contributed by atoms with Crippen molar-refractivity contribution in [2.75, 3.05) is 6.54 Å². The molecule has 1 unspecified atom stereocenters. The Hall–Kier alpha value is -3.35. The van der Waals surface area contributed by atoms with Crippen LogP contribution in [0.4, 0.5) is 22.0 Å². The van der Waals surface area contributed by atoms with Gasteiger partial charge in [0, 0.05) is 24.7 Å². The Bertz CT molecular complexity index is 1080. The van der Waals surface area contributed by atoms with Crippen LogP contribution in [0.2, 0.25) is 0 Å². The van der Waals surface area contributed by atoms with Gasteiger partial charge in [0.25, 0.3) is 5.56 Å². The van der Waals surface area contributed by atoms with E-state index in [9.17, 15) is 32.0 Å². The van der Waals surface area contributed by atoms with Crippen molar-refractivity contribution in [1.82, 2.24) is 4.57 Å². The normalized spacial score (nSPS) is 16.5. The Morgan fingerprint density at radius 2 is 1.83 bits per heavy atom. The number of nitrogens with zero attached hydrogens (tertiary/aromatic N) is 4. The maximum absolute atomic E-state index is 14.1. The summed E-state index contributed by atoms with van der Waals surface area (Å²) in [5, 5.41) is 9.22. The zero-order valence-electron chi connectivity index (χ0n) is 15.4. The van der Waals surface area contributed by atoms with Gasteiger partial charge in [0.1, 0.15) is 17.7 Å². The van der Waals surface area contributed by atoms with Crippen molar-refractivity contribution in [2.24, 2.45) is 9.98 Å². The second-order valence-corrected chi connectivity index (χ2v) is 6.56. The maximum atomic E-state index is 14.1. The van der Waals surface area contributed by atoms with E-state index in [1.165, 1.54) is 18.5 Å². The summed E-state index contributed by atoms with van der Waals surface area (Å²) in [4.78, 5) is 20.8. The maximum Gasteiger partial charge on any atom is 0.458 e. The van der Waals surface area contributed by atoms with E-state index in [0.29, 0.717) is 12.5 Å². The average Bonchev–Trinajstić information content (AvgIpc) is 2.72. The molecule has 0 N–H and O–H groups in total. The topological polar surface area (TPSA) is 70.5 Å². The molecule has 0 saturated heterocycles. The Kier molecular flexibility index (Phi) is 5.82. The fourth-order valence-corrected chi connectivity index (χ4v) is 3.13. The third kappa shape index (κ3) is 4.01. The number of benzene rings is 1. The van der Waals surface area contributed by atoms with Crippen LogP contribution in [-0.2, 0) is 18.9 Å². The van der Waals surface area contributed by atoms with Gasteiger partial charge in [0.05, 0.1) is 12.1 Å². The van der Waals surface area contributed by atoms with Crippen LogP contribution in [0.25, 0.3) is 0 Å². The molecule has 2 heterocycles. The highest BCUT2D eigenvalue weighted by atomic mass is 19.4. The van der Waals surface area contributed by atoms with Crippen molar-refractivity contribution in [3.8, 4) is 6.07 Å². The molecule has 0 amide bonds. The third-order valence-corrected chi connectivity index (χ3v) is 4.66. The van der Waals surface area contributed by atoms with Crippen LogP contribution in [0.15, 0.2) is 51.2 Å². The minimum absolute atomic E-state index is 0.0236. The molecule has 1 aliphatic heterocycles. The number of hydrogen-bond acceptors (Lipinski definition) is 4. The second kappa shape index (κ2) is 8.18.